The van der Waals surface area contributed by atoms with Crippen molar-refractivity contribution >= 4 is 31.9 Å². The summed E-state index contributed by atoms with van der Waals surface area (Å²) in [6.45, 7) is 3.23. The molecule has 1 N–H and O–H groups in total. The highest BCUT2D eigenvalue weighted by molar-refractivity contribution is 9.10. The van der Waals surface area contributed by atoms with Gasteiger partial charge in [-0.1, -0.05) is 19.3 Å². The zero-order chi connectivity index (χ0) is 21.0. The van der Waals surface area contributed by atoms with E-state index in [1.807, 2.05) is 0 Å². The van der Waals surface area contributed by atoms with Gasteiger partial charge in [0.25, 0.3) is 5.91 Å². The Morgan fingerprint density at radius 2 is 1.79 bits per heavy atom. The van der Waals surface area contributed by atoms with Crippen LogP contribution >= 0.6 is 15.9 Å². The smallest absolute Gasteiger partial charge is 0.251 e. The standard InChI is InChI=1S/C21H32BrN3O3S/c1-24(2)29(27,28)20-14-17(8-9-19(20)22)21(26)23-18-10-12-25(13-11-18)15-16-6-4-3-5-7-16/h8-9,14,16,18H,3-7,10-13,15H2,1-2H3,(H,23,26). The van der Waals surface area contributed by atoms with Crippen LogP contribution in [0.15, 0.2) is 27.6 Å². The molecule has 0 spiro atoms. The summed E-state index contributed by atoms with van der Waals surface area (Å²) in [6.07, 6.45) is 8.73. The van der Waals surface area contributed by atoms with Crippen molar-refractivity contribution in [3.05, 3.63) is 28.2 Å². The maximum Gasteiger partial charge on any atom is 0.251 e. The van der Waals surface area contributed by atoms with Crippen molar-refractivity contribution in [3.63, 3.8) is 0 Å². The van der Waals surface area contributed by atoms with Crippen LogP contribution < -0.4 is 5.32 Å². The Kier molecular flexibility index (Phi) is 7.75. The third-order valence-electron chi connectivity index (χ3n) is 6.12. The van der Waals surface area contributed by atoms with Gasteiger partial charge >= 0.3 is 0 Å². The molecular weight excluding hydrogens is 454 g/mol. The first-order chi connectivity index (χ1) is 13.8. The Morgan fingerprint density at radius 1 is 1.14 bits per heavy atom. The van der Waals surface area contributed by atoms with E-state index in [4.69, 9.17) is 0 Å². The number of nitrogens with one attached hydrogen (secondary N) is 1. The highest BCUT2D eigenvalue weighted by atomic mass is 79.9. The second-order valence-electron chi connectivity index (χ2n) is 8.49. The molecule has 1 saturated heterocycles. The molecule has 2 fully saturated rings. The fourth-order valence-electron chi connectivity index (χ4n) is 4.30. The number of piperidine rings is 1. The van der Waals surface area contributed by atoms with Crippen LogP contribution in [0.2, 0.25) is 0 Å². The minimum Gasteiger partial charge on any atom is -0.349 e. The number of benzene rings is 1. The van der Waals surface area contributed by atoms with Crippen molar-refractivity contribution < 1.29 is 13.2 Å². The number of halogens is 1. The van der Waals surface area contributed by atoms with Crippen LogP contribution in [0, 0.1) is 5.92 Å². The normalized spacial score (nSPS) is 20.1. The molecule has 0 atom stereocenters. The van der Waals surface area contributed by atoms with Crippen LogP contribution in [-0.2, 0) is 10.0 Å². The number of hydrogen-bond donors (Lipinski definition) is 1. The molecule has 2 aliphatic rings. The Hall–Kier alpha value is -0.960. The number of nitrogens with zero attached hydrogens (tertiary/aromatic N) is 2. The average molecular weight is 486 g/mol. The molecule has 1 amide bonds. The molecule has 1 aliphatic carbocycles. The molecular formula is C21H32BrN3O3S. The number of rotatable bonds is 6. The number of likely N-dealkylation sites (tertiary alicyclic amines) is 1. The zero-order valence-corrected chi connectivity index (χ0v) is 19.8. The van der Waals surface area contributed by atoms with Gasteiger partial charge in [0.2, 0.25) is 10.0 Å². The van der Waals surface area contributed by atoms with E-state index in [2.05, 4.69) is 26.1 Å². The summed E-state index contributed by atoms with van der Waals surface area (Å²) in [7, 11) is -0.655. The number of hydrogen-bond acceptors (Lipinski definition) is 4. The lowest BCUT2D eigenvalue weighted by molar-refractivity contribution is 0.0901. The summed E-state index contributed by atoms with van der Waals surface area (Å²) in [5.41, 5.74) is 0.373. The predicted molar refractivity (Wildman–Crippen MR) is 119 cm³/mol. The van der Waals surface area contributed by atoms with E-state index < -0.39 is 10.0 Å². The van der Waals surface area contributed by atoms with Crippen molar-refractivity contribution in [1.82, 2.24) is 14.5 Å². The lowest BCUT2D eigenvalue weighted by Gasteiger charge is -2.35. The fraction of sp³-hybridized carbons (Fsp3) is 0.667. The first kappa shape index (κ1) is 22.7. The van der Waals surface area contributed by atoms with E-state index in [0.29, 0.717) is 10.0 Å². The Balaban J connectivity index is 1.56. The molecule has 0 unspecified atom stereocenters. The largest absolute Gasteiger partial charge is 0.349 e. The monoisotopic (exact) mass is 485 g/mol. The van der Waals surface area contributed by atoms with Gasteiger partial charge in [0.15, 0.2) is 0 Å². The van der Waals surface area contributed by atoms with Crippen LogP contribution in [-0.4, -0.2) is 63.3 Å². The van der Waals surface area contributed by atoms with Gasteiger partial charge in [0.05, 0.1) is 4.90 Å². The van der Waals surface area contributed by atoms with Crippen molar-refractivity contribution in [1.29, 1.82) is 0 Å². The molecule has 29 heavy (non-hydrogen) atoms. The molecule has 1 saturated carbocycles. The van der Waals surface area contributed by atoms with Crippen LogP contribution in [0.3, 0.4) is 0 Å². The summed E-state index contributed by atoms with van der Waals surface area (Å²) in [4.78, 5) is 15.4. The molecule has 6 nitrogen and oxygen atoms in total. The molecule has 3 rings (SSSR count). The lowest BCUT2D eigenvalue weighted by atomic mass is 9.88. The van der Waals surface area contributed by atoms with Crippen LogP contribution in [0.1, 0.15) is 55.3 Å². The number of carbonyl (C=O) groups is 1. The second kappa shape index (κ2) is 9.90. The van der Waals surface area contributed by atoms with E-state index >= 15 is 0 Å². The molecule has 0 aromatic heterocycles. The molecule has 1 aromatic carbocycles. The SMILES string of the molecule is CN(C)S(=O)(=O)c1cc(C(=O)NC2CCN(CC3CCCCC3)CC2)ccc1Br. The number of carbonyl (C=O) groups excluding carboxylic acids is 1. The summed E-state index contributed by atoms with van der Waals surface area (Å²) < 4.78 is 26.6. The van der Waals surface area contributed by atoms with Crippen LogP contribution in [0.5, 0.6) is 0 Å². The fourth-order valence-corrected chi connectivity index (χ4v) is 6.15. The van der Waals surface area contributed by atoms with Crippen molar-refractivity contribution in [3.8, 4) is 0 Å². The minimum absolute atomic E-state index is 0.109. The Morgan fingerprint density at radius 3 is 2.41 bits per heavy atom. The van der Waals surface area contributed by atoms with E-state index in [1.54, 1.807) is 12.1 Å². The van der Waals surface area contributed by atoms with Gasteiger partial charge in [-0.05, 0) is 65.7 Å². The third-order valence-corrected chi connectivity index (χ3v) is 8.92. The zero-order valence-electron chi connectivity index (χ0n) is 17.4. The van der Waals surface area contributed by atoms with Crippen molar-refractivity contribution in [2.24, 2.45) is 5.92 Å². The quantitative estimate of drug-likeness (QED) is 0.669. The minimum atomic E-state index is -3.62. The van der Waals surface area contributed by atoms with E-state index in [1.165, 1.54) is 58.8 Å². The summed E-state index contributed by atoms with van der Waals surface area (Å²) >= 11 is 3.29. The van der Waals surface area contributed by atoms with Crippen molar-refractivity contribution in [2.75, 3.05) is 33.7 Å². The van der Waals surface area contributed by atoms with Crippen LogP contribution in [0.25, 0.3) is 0 Å². The van der Waals surface area contributed by atoms with E-state index in [9.17, 15) is 13.2 Å². The summed E-state index contributed by atoms with van der Waals surface area (Å²) in [5.74, 6) is 0.633. The summed E-state index contributed by atoms with van der Waals surface area (Å²) in [6, 6.07) is 4.87. The molecule has 162 valence electrons. The van der Waals surface area contributed by atoms with Gasteiger partial charge in [-0.2, -0.15) is 0 Å². The molecule has 8 heteroatoms. The Bertz CT molecular complexity index is 814. The van der Waals surface area contributed by atoms with Gasteiger partial charge in [-0.25, -0.2) is 12.7 Å². The van der Waals surface area contributed by atoms with Gasteiger partial charge in [-0.15, -0.1) is 0 Å². The lowest BCUT2D eigenvalue weighted by Crippen LogP contribution is -2.46. The van der Waals surface area contributed by atoms with Crippen LogP contribution in [0.4, 0.5) is 0 Å². The predicted octanol–water partition coefficient (Wildman–Crippen LogP) is 3.47. The van der Waals surface area contributed by atoms with Gasteiger partial charge < -0.3 is 10.2 Å². The maximum atomic E-state index is 12.7. The highest BCUT2D eigenvalue weighted by Crippen LogP contribution is 2.27. The topological polar surface area (TPSA) is 69.7 Å². The summed E-state index contributed by atoms with van der Waals surface area (Å²) in [5, 5.41) is 3.10. The molecule has 1 aliphatic heterocycles. The molecule has 1 heterocycles. The second-order valence-corrected chi connectivity index (χ2v) is 11.5. The number of amides is 1. The molecule has 0 radical (unpaired) electrons. The van der Waals surface area contributed by atoms with Gasteiger partial charge in [-0.3, -0.25) is 4.79 Å². The Labute approximate surface area is 183 Å². The molecule has 1 aromatic rings. The van der Waals surface area contributed by atoms with E-state index in [0.717, 1.165) is 36.2 Å². The molecule has 0 bridgehead atoms. The number of sulfonamides is 1. The maximum absolute atomic E-state index is 12.7. The first-order valence-corrected chi connectivity index (χ1v) is 12.8. The van der Waals surface area contributed by atoms with Gasteiger partial charge in [0.1, 0.15) is 0 Å². The first-order valence-electron chi connectivity index (χ1n) is 10.5. The highest BCUT2D eigenvalue weighted by Gasteiger charge is 2.26. The van der Waals surface area contributed by atoms with Crippen molar-refractivity contribution in [2.45, 2.75) is 55.9 Å². The third kappa shape index (κ3) is 5.81. The average Bonchev–Trinajstić information content (AvgIpc) is 2.70. The van der Waals surface area contributed by atoms with Gasteiger partial charge in [0, 0.05) is 49.8 Å². The van der Waals surface area contributed by atoms with E-state index in [-0.39, 0.29) is 16.8 Å².